The Balaban J connectivity index is 1.81. The highest BCUT2D eigenvalue weighted by molar-refractivity contribution is 6.10. The molecule has 0 saturated carbocycles. The first kappa shape index (κ1) is 22.2. The van der Waals surface area contributed by atoms with Crippen LogP contribution in [0, 0.1) is 33.5 Å². The van der Waals surface area contributed by atoms with Crippen molar-refractivity contribution in [2.75, 3.05) is 11.9 Å². The summed E-state index contributed by atoms with van der Waals surface area (Å²) in [6.45, 7) is 8.52. The van der Waals surface area contributed by atoms with Gasteiger partial charge in [0.25, 0.3) is 5.91 Å². The number of aryl methyl sites for hydroxylation is 4. The molecule has 31 heavy (non-hydrogen) atoms. The number of carbonyl (C=O) groups excluding carboxylic acids is 1. The molecule has 3 aromatic rings. The van der Waals surface area contributed by atoms with E-state index in [-0.39, 0.29) is 11.7 Å². The van der Waals surface area contributed by atoms with E-state index < -0.39 is 0 Å². The Labute approximate surface area is 182 Å². The zero-order chi connectivity index (χ0) is 22.5. The number of rotatable bonds is 5. The van der Waals surface area contributed by atoms with Crippen molar-refractivity contribution in [3.8, 4) is 0 Å². The second kappa shape index (κ2) is 9.55. The minimum atomic E-state index is -0.388. The minimum absolute atomic E-state index is 0.346. The van der Waals surface area contributed by atoms with E-state index in [1.54, 1.807) is 0 Å². The van der Waals surface area contributed by atoms with Crippen molar-refractivity contribution in [3.63, 3.8) is 0 Å². The maximum absolute atomic E-state index is 13.2. The summed E-state index contributed by atoms with van der Waals surface area (Å²) in [5.41, 5.74) is 6.64. The molecule has 0 fully saturated rings. The molecule has 162 valence electrons. The van der Waals surface area contributed by atoms with E-state index in [0.29, 0.717) is 24.5 Å². The molecule has 0 unspecified atom stereocenters. The van der Waals surface area contributed by atoms with Gasteiger partial charge >= 0.3 is 0 Å². The van der Waals surface area contributed by atoms with Crippen LogP contribution in [0.25, 0.3) is 0 Å². The van der Waals surface area contributed by atoms with Gasteiger partial charge in [0.15, 0.2) is 0 Å². The third-order valence-corrected chi connectivity index (χ3v) is 5.11. The number of carbonyl (C=O) groups is 1. The second-order valence-electron chi connectivity index (χ2n) is 7.72. The molecule has 6 nitrogen and oxygen atoms in total. The number of nitrogens with zero attached hydrogens (tertiary/aromatic N) is 3. The van der Waals surface area contributed by atoms with Gasteiger partial charge in [0, 0.05) is 30.5 Å². The van der Waals surface area contributed by atoms with Crippen LogP contribution in [-0.2, 0) is 13.5 Å². The second-order valence-corrected chi connectivity index (χ2v) is 7.72. The highest BCUT2D eigenvalue weighted by Crippen LogP contribution is 2.15. The molecule has 1 amide bonds. The zero-order valence-corrected chi connectivity index (χ0v) is 18.6. The number of guanidine groups is 1. The van der Waals surface area contributed by atoms with Gasteiger partial charge in [-0.2, -0.15) is 5.10 Å². The lowest BCUT2D eigenvalue weighted by Gasteiger charge is -2.13. The van der Waals surface area contributed by atoms with E-state index in [9.17, 15) is 9.18 Å². The average molecular weight is 422 g/mol. The Morgan fingerprint density at radius 3 is 2.29 bits per heavy atom. The predicted octanol–water partition coefficient (Wildman–Crippen LogP) is 4.23. The molecule has 0 saturated heterocycles. The van der Waals surface area contributed by atoms with Gasteiger partial charge in [0.05, 0.1) is 5.69 Å². The molecule has 0 atom stereocenters. The summed E-state index contributed by atoms with van der Waals surface area (Å²) in [7, 11) is 1.92. The van der Waals surface area contributed by atoms with Gasteiger partial charge in [-0.3, -0.25) is 19.8 Å². The summed E-state index contributed by atoms with van der Waals surface area (Å²) < 4.78 is 15.1. The lowest BCUT2D eigenvalue weighted by Crippen LogP contribution is -2.36. The number of hydrogen-bond donors (Lipinski definition) is 2. The fourth-order valence-corrected chi connectivity index (χ4v) is 3.53. The number of aliphatic imine (C=N–C) groups is 1. The van der Waals surface area contributed by atoms with Crippen molar-refractivity contribution >= 4 is 17.6 Å². The maximum atomic E-state index is 13.2. The van der Waals surface area contributed by atoms with Crippen LogP contribution in [0.1, 0.15) is 38.4 Å². The van der Waals surface area contributed by atoms with Crippen molar-refractivity contribution in [3.05, 3.63) is 81.9 Å². The summed E-state index contributed by atoms with van der Waals surface area (Å²) in [5, 5.41) is 10.5. The highest BCUT2D eigenvalue weighted by Gasteiger charge is 2.12. The van der Waals surface area contributed by atoms with Gasteiger partial charge in [0.1, 0.15) is 5.82 Å². The number of aromatic nitrogens is 2. The Morgan fingerprint density at radius 1 is 1.06 bits per heavy atom. The molecule has 0 aliphatic rings. The van der Waals surface area contributed by atoms with Crippen molar-refractivity contribution in [2.45, 2.75) is 34.1 Å². The standard InChI is InChI=1S/C24H28FN5O/c1-15-12-16(2)14-21(13-15)27-24(28-23(31)19-6-8-20(25)9-7-19)26-11-10-22-17(3)29-30(5)18(22)4/h6-9,12-14H,10-11H2,1-5H3,(H2,26,27,28,31). The summed E-state index contributed by atoms with van der Waals surface area (Å²) in [6, 6.07) is 11.5. The largest absolute Gasteiger partial charge is 0.326 e. The van der Waals surface area contributed by atoms with Crippen LogP contribution in [0.2, 0.25) is 0 Å². The van der Waals surface area contributed by atoms with E-state index in [1.807, 2.05) is 51.6 Å². The van der Waals surface area contributed by atoms with Gasteiger partial charge < -0.3 is 5.32 Å². The predicted molar refractivity (Wildman–Crippen MR) is 122 cm³/mol. The zero-order valence-electron chi connectivity index (χ0n) is 18.6. The summed E-state index contributed by atoms with van der Waals surface area (Å²) in [5.74, 6) is -0.399. The van der Waals surface area contributed by atoms with Crippen LogP contribution in [0.3, 0.4) is 0 Å². The number of halogens is 1. The molecular weight excluding hydrogens is 393 g/mol. The average Bonchev–Trinajstić information content (AvgIpc) is 2.93. The molecule has 0 bridgehead atoms. The Kier molecular flexibility index (Phi) is 6.84. The van der Waals surface area contributed by atoms with Crippen molar-refractivity contribution < 1.29 is 9.18 Å². The lowest BCUT2D eigenvalue weighted by atomic mass is 10.1. The van der Waals surface area contributed by atoms with Crippen molar-refractivity contribution in [1.82, 2.24) is 15.1 Å². The summed E-state index contributed by atoms with van der Waals surface area (Å²) in [4.78, 5) is 17.3. The summed E-state index contributed by atoms with van der Waals surface area (Å²) >= 11 is 0. The van der Waals surface area contributed by atoms with E-state index >= 15 is 0 Å². The molecule has 1 heterocycles. The van der Waals surface area contributed by atoms with E-state index in [1.165, 1.54) is 24.3 Å². The molecule has 3 rings (SSSR count). The number of hydrogen-bond acceptors (Lipinski definition) is 3. The molecule has 0 aliphatic carbocycles. The number of amides is 1. The van der Waals surface area contributed by atoms with E-state index in [0.717, 1.165) is 33.8 Å². The van der Waals surface area contributed by atoms with Crippen LogP contribution < -0.4 is 10.6 Å². The summed E-state index contributed by atoms with van der Waals surface area (Å²) in [6.07, 6.45) is 0.704. The normalized spacial score (nSPS) is 11.5. The first-order valence-electron chi connectivity index (χ1n) is 10.2. The fourth-order valence-electron chi connectivity index (χ4n) is 3.53. The topological polar surface area (TPSA) is 71.3 Å². The van der Waals surface area contributed by atoms with Gasteiger partial charge in [0.2, 0.25) is 5.96 Å². The molecule has 1 aromatic heterocycles. The number of anilines is 1. The van der Waals surface area contributed by atoms with Crippen LogP contribution in [0.15, 0.2) is 47.5 Å². The van der Waals surface area contributed by atoms with Crippen LogP contribution in [0.5, 0.6) is 0 Å². The molecule has 0 radical (unpaired) electrons. The van der Waals surface area contributed by atoms with E-state index in [4.69, 9.17) is 0 Å². The SMILES string of the molecule is Cc1cc(C)cc(NC(=NCCc2c(C)nn(C)c2C)NC(=O)c2ccc(F)cc2)c1. The molecule has 7 heteroatoms. The number of benzene rings is 2. The van der Waals surface area contributed by atoms with Gasteiger partial charge in [-0.1, -0.05) is 6.07 Å². The molecule has 2 aromatic carbocycles. The molecule has 0 aliphatic heterocycles. The fraction of sp³-hybridized carbons (Fsp3) is 0.292. The molecule has 0 spiro atoms. The Hall–Kier alpha value is -3.48. The molecule has 2 N–H and O–H groups in total. The maximum Gasteiger partial charge on any atom is 0.257 e. The van der Waals surface area contributed by atoms with Crippen LogP contribution in [-0.4, -0.2) is 28.2 Å². The first-order chi connectivity index (χ1) is 14.7. The Morgan fingerprint density at radius 2 is 1.71 bits per heavy atom. The van der Waals surface area contributed by atoms with Crippen molar-refractivity contribution in [1.29, 1.82) is 0 Å². The third kappa shape index (κ3) is 5.78. The minimum Gasteiger partial charge on any atom is -0.326 e. The number of nitrogens with one attached hydrogen (secondary N) is 2. The van der Waals surface area contributed by atoms with Gasteiger partial charge in [-0.15, -0.1) is 0 Å². The monoisotopic (exact) mass is 421 g/mol. The van der Waals surface area contributed by atoms with Crippen LogP contribution in [0.4, 0.5) is 10.1 Å². The smallest absolute Gasteiger partial charge is 0.257 e. The van der Waals surface area contributed by atoms with E-state index in [2.05, 4.69) is 26.8 Å². The van der Waals surface area contributed by atoms with Crippen molar-refractivity contribution in [2.24, 2.45) is 12.0 Å². The highest BCUT2D eigenvalue weighted by atomic mass is 19.1. The van der Waals surface area contributed by atoms with Gasteiger partial charge in [-0.25, -0.2) is 4.39 Å². The van der Waals surface area contributed by atoms with Crippen LogP contribution >= 0.6 is 0 Å². The Bertz CT molecular complexity index is 1100. The van der Waals surface area contributed by atoms with Gasteiger partial charge in [-0.05, 0) is 87.2 Å². The third-order valence-electron chi connectivity index (χ3n) is 5.11. The molecular formula is C24H28FN5O. The lowest BCUT2D eigenvalue weighted by molar-refractivity contribution is 0.0977. The quantitative estimate of drug-likeness (QED) is 0.478. The first-order valence-corrected chi connectivity index (χ1v) is 10.2.